The van der Waals surface area contributed by atoms with Gasteiger partial charge in [0.15, 0.2) is 11.5 Å². The largest absolute Gasteiger partial charge is 0.486 e. The Bertz CT molecular complexity index is 831. The Hall–Kier alpha value is -2.54. The quantitative estimate of drug-likeness (QED) is 0.797. The van der Waals surface area contributed by atoms with Gasteiger partial charge in [-0.3, -0.25) is 9.59 Å². The number of amides is 2. The summed E-state index contributed by atoms with van der Waals surface area (Å²) in [6.07, 6.45) is 0. The van der Waals surface area contributed by atoms with Crippen LogP contribution in [0, 0.1) is 12.8 Å². The third-order valence-electron chi connectivity index (χ3n) is 4.28. The van der Waals surface area contributed by atoms with Crippen LogP contribution in [0.5, 0.6) is 11.5 Å². The van der Waals surface area contributed by atoms with Crippen LogP contribution in [0.15, 0.2) is 30.3 Å². The van der Waals surface area contributed by atoms with E-state index in [0.717, 1.165) is 16.2 Å². The molecule has 2 aromatic rings. The minimum Gasteiger partial charge on any atom is -0.486 e. The molecule has 0 saturated carbocycles. The van der Waals surface area contributed by atoms with Crippen molar-refractivity contribution in [3.05, 3.63) is 45.6 Å². The second-order valence-corrected chi connectivity index (χ2v) is 8.07. The Morgan fingerprint density at radius 1 is 1.11 bits per heavy atom. The highest BCUT2D eigenvalue weighted by molar-refractivity contribution is 7.13. The number of fused-ring (bicyclic) bond motifs is 1. The molecule has 1 aromatic carbocycles. The molecule has 0 bridgehead atoms. The standard InChI is InChI=1S/C20H24N2O4S/c1-12(2)19(14-5-6-15-16(10-14)26-9-8-25-15)22-18(23)11-21-20(24)17-7-4-13(3)27-17/h4-7,10,12,19H,8-9,11H2,1-3H3,(H,21,24)(H,22,23). The van der Waals surface area contributed by atoms with Crippen LogP contribution >= 0.6 is 11.3 Å². The highest BCUT2D eigenvalue weighted by Gasteiger charge is 2.21. The van der Waals surface area contributed by atoms with Crippen LogP contribution in [-0.4, -0.2) is 31.6 Å². The van der Waals surface area contributed by atoms with Crippen molar-refractivity contribution in [3.8, 4) is 11.5 Å². The Balaban J connectivity index is 1.62. The van der Waals surface area contributed by atoms with E-state index in [1.165, 1.54) is 11.3 Å². The summed E-state index contributed by atoms with van der Waals surface area (Å²) < 4.78 is 11.2. The van der Waals surface area contributed by atoms with Gasteiger partial charge in [-0.15, -0.1) is 11.3 Å². The van der Waals surface area contributed by atoms with Gasteiger partial charge in [-0.05, 0) is 42.7 Å². The predicted molar refractivity (Wildman–Crippen MR) is 105 cm³/mol. The van der Waals surface area contributed by atoms with E-state index in [1.807, 2.05) is 45.0 Å². The fraction of sp³-hybridized carbons (Fsp3) is 0.400. The number of benzene rings is 1. The van der Waals surface area contributed by atoms with Gasteiger partial charge in [0.25, 0.3) is 5.91 Å². The smallest absolute Gasteiger partial charge is 0.261 e. The lowest BCUT2D eigenvalue weighted by atomic mass is 9.95. The minimum atomic E-state index is -0.233. The number of hydrogen-bond donors (Lipinski definition) is 2. The Labute approximate surface area is 162 Å². The molecule has 0 spiro atoms. The summed E-state index contributed by atoms with van der Waals surface area (Å²) in [6, 6.07) is 9.18. The number of carbonyl (C=O) groups excluding carboxylic acids is 2. The van der Waals surface area contributed by atoms with E-state index in [1.54, 1.807) is 6.07 Å². The molecule has 1 aliphatic heterocycles. The summed E-state index contributed by atoms with van der Waals surface area (Å²) in [7, 11) is 0. The van der Waals surface area contributed by atoms with Crippen molar-refractivity contribution in [2.24, 2.45) is 5.92 Å². The maximum Gasteiger partial charge on any atom is 0.261 e. The summed E-state index contributed by atoms with van der Waals surface area (Å²) in [4.78, 5) is 26.1. The van der Waals surface area contributed by atoms with Gasteiger partial charge in [-0.25, -0.2) is 0 Å². The molecule has 2 N–H and O–H groups in total. The molecular formula is C20H24N2O4S. The summed E-state index contributed by atoms with van der Waals surface area (Å²) in [5.41, 5.74) is 0.947. The van der Waals surface area contributed by atoms with Gasteiger partial charge in [0.05, 0.1) is 17.5 Å². The monoisotopic (exact) mass is 388 g/mol. The summed E-state index contributed by atoms with van der Waals surface area (Å²) in [5, 5.41) is 5.68. The van der Waals surface area contributed by atoms with Gasteiger partial charge >= 0.3 is 0 Å². The van der Waals surface area contributed by atoms with Crippen molar-refractivity contribution in [3.63, 3.8) is 0 Å². The van der Waals surface area contributed by atoms with Gasteiger partial charge < -0.3 is 20.1 Å². The fourth-order valence-electron chi connectivity index (χ4n) is 2.92. The van der Waals surface area contributed by atoms with Crippen molar-refractivity contribution in [2.75, 3.05) is 19.8 Å². The molecule has 6 nitrogen and oxygen atoms in total. The van der Waals surface area contributed by atoms with E-state index in [-0.39, 0.29) is 30.3 Å². The first kappa shape index (κ1) is 19.2. The molecule has 1 aliphatic rings. The van der Waals surface area contributed by atoms with E-state index in [9.17, 15) is 9.59 Å². The van der Waals surface area contributed by atoms with Crippen LogP contribution in [0.4, 0.5) is 0 Å². The number of hydrogen-bond acceptors (Lipinski definition) is 5. The Morgan fingerprint density at radius 2 is 1.85 bits per heavy atom. The summed E-state index contributed by atoms with van der Waals surface area (Å²) in [6.45, 7) is 7.01. The van der Waals surface area contributed by atoms with Crippen molar-refractivity contribution in [2.45, 2.75) is 26.8 Å². The lowest BCUT2D eigenvalue weighted by Gasteiger charge is -2.25. The average molecular weight is 388 g/mol. The Kier molecular flexibility index (Phi) is 6.01. The maximum atomic E-state index is 12.4. The van der Waals surface area contributed by atoms with Crippen LogP contribution < -0.4 is 20.1 Å². The predicted octanol–water partition coefficient (Wildman–Crippen LogP) is 3.07. The second-order valence-electron chi connectivity index (χ2n) is 6.79. The fourth-order valence-corrected chi connectivity index (χ4v) is 3.70. The molecule has 0 fully saturated rings. The van der Waals surface area contributed by atoms with Gasteiger partial charge in [0.1, 0.15) is 13.2 Å². The first-order chi connectivity index (χ1) is 12.9. The van der Waals surface area contributed by atoms with E-state index in [0.29, 0.717) is 23.8 Å². The first-order valence-electron chi connectivity index (χ1n) is 8.97. The average Bonchev–Trinajstić information content (AvgIpc) is 3.10. The zero-order valence-corrected chi connectivity index (χ0v) is 16.5. The normalized spacial score (nSPS) is 13.9. The van der Waals surface area contributed by atoms with Crippen molar-refractivity contribution < 1.29 is 19.1 Å². The lowest BCUT2D eigenvalue weighted by molar-refractivity contribution is -0.121. The van der Waals surface area contributed by atoms with E-state index >= 15 is 0 Å². The zero-order chi connectivity index (χ0) is 19.4. The first-order valence-corrected chi connectivity index (χ1v) is 9.79. The van der Waals surface area contributed by atoms with Gasteiger partial charge in [-0.2, -0.15) is 0 Å². The molecule has 1 unspecified atom stereocenters. The third kappa shape index (κ3) is 4.80. The molecule has 27 heavy (non-hydrogen) atoms. The van der Waals surface area contributed by atoms with Crippen LogP contribution in [0.25, 0.3) is 0 Å². The van der Waals surface area contributed by atoms with Gasteiger partial charge in [0, 0.05) is 4.88 Å². The highest BCUT2D eigenvalue weighted by Crippen LogP contribution is 2.34. The molecule has 7 heteroatoms. The molecule has 144 valence electrons. The van der Waals surface area contributed by atoms with Crippen LogP contribution in [0.2, 0.25) is 0 Å². The maximum absolute atomic E-state index is 12.4. The molecule has 2 heterocycles. The van der Waals surface area contributed by atoms with Gasteiger partial charge in [-0.1, -0.05) is 19.9 Å². The molecule has 2 amide bonds. The van der Waals surface area contributed by atoms with Crippen LogP contribution in [-0.2, 0) is 4.79 Å². The number of aryl methyl sites for hydroxylation is 1. The number of ether oxygens (including phenoxy) is 2. The number of nitrogens with one attached hydrogen (secondary N) is 2. The van der Waals surface area contributed by atoms with Crippen LogP contribution in [0.1, 0.15) is 40.0 Å². The molecule has 0 saturated heterocycles. The number of rotatable bonds is 6. The van der Waals surface area contributed by atoms with Crippen LogP contribution in [0.3, 0.4) is 0 Å². The topological polar surface area (TPSA) is 76.7 Å². The SMILES string of the molecule is Cc1ccc(C(=O)NCC(=O)NC(c2ccc3c(c2)OCCO3)C(C)C)s1. The lowest BCUT2D eigenvalue weighted by Crippen LogP contribution is -2.40. The van der Waals surface area contributed by atoms with Gasteiger partial charge in [0.2, 0.25) is 5.91 Å². The zero-order valence-electron chi connectivity index (χ0n) is 15.7. The van der Waals surface area contributed by atoms with Crippen molar-refractivity contribution in [1.29, 1.82) is 0 Å². The molecule has 1 aromatic heterocycles. The van der Waals surface area contributed by atoms with Crippen molar-refractivity contribution in [1.82, 2.24) is 10.6 Å². The Morgan fingerprint density at radius 3 is 2.52 bits per heavy atom. The molecule has 0 aliphatic carbocycles. The highest BCUT2D eigenvalue weighted by atomic mass is 32.1. The molecule has 0 radical (unpaired) electrons. The molecule has 1 atom stereocenters. The van der Waals surface area contributed by atoms with E-state index in [4.69, 9.17) is 9.47 Å². The van der Waals surface area contributed by atoms with E-state index < -0.39 is 0 Å². The third-order valence-corrected chi connectivity index (χ3v) is 5.28. The molecular weight excluding hydrogens is 364 g/mol. The summed E-state index contributed by atoms with van der Waals surface area (Å²) in [5.74, 6) is 1.12. The van der Waals surface area contributed by atoms with Crippen molar-refractivity contribution >= 4 is 23.2 Å². The summed E-state index contributed by atoms with van der Waals surface area (Å²) >= 11 is 1.41. The van der Waals surface area contributed by atoms with E-state index in [2.05, 4.69) is 10.6 Å². The minimum absolute atomic E-state index is 0.0659. The number of thiophene rings is 1. The molecule has 3 rings (SSSR count). The number of carbonyl (C=O) groups is 2. The second kappa shape index (κ2) is 8.43.